The van der Waals surface area contributed by atoms with E-state index in [0.29, 0.717) is 28.1 Å². The summed E-state index contributed by atoms with van der Waals surface area (Å²) in [6.07, 6.45) is 1.55. The van der Waals surface area contributed by atoms with Gasteiger partial charge in [-0.05, 0) is 52.0 Å². The van der Waals surface area contributed by atoms with E-state index in [1.807, 2.05) is 47.8 Å². The van der Waals surface area contributed by atoms with E-state index in [4.69, 9.17) is 27.9 Å². The maximum atomic E-state index is 12.6. The number of hydrogen-bond donors (Lipinski definition) is 1. The molecule has 170 valence electrons. The van der Waals surface area contributed by atoms with Gasteiger partial charge in [-0.1, -0.05) is 59.6 Å². The fraction of sp³-hybridized carbons (Fsp3) is 0.0800. The van der Waals surface area contributed by atoms with Crippen LogP contribution < -0.4 is 10.1 Å². The van der Waals surface area contributed by atoms with E-state index in [1.54, 1.807) is 23.1 Å². The lowest BCUT2D eigenvalue weighted by molar-refractivity contribution is 0.102. The van der Waals surface area contributed by atoms with Crippen LogP contribution in [0.3, 0.4) is 0 Å². The predicted molar refractivity (Wildman–Crippen MR) is 136 cm³/mol. The number of rotatable bonds is 7. The van der Waals surface area contributed by atoms with Crippen molar-refractivity contribution in [2.24, 2.45) is 0 Å². The molecule has 0 spiro atoms. The highest BCUT2D eigenvalue weighted by atomic mass is 35.5. The number of amides is 1. The van der Waals surface area contributed by atoms with Gasteiger partial charge in [0, 0.05) is 5.56 Å². The van der Waals surface area contributed by atoms with Crippen molar-refractivity contribution < 1.29 is 9.53 Å². The number of benzene rings is 3. The molecule has 34 heavy (non-hydrogen) atoms. The Morgan fingerprint density at radius 2 is 1.82 bits per heavy atom. The lowest BCUT2D eigenvalue weighted by Crippen LogP contribution is -2.12. The van der Waals surface area contributed by atoms with Crippen LogP contribution in [0.25, 0.3) is 10.8 Å². The first-order valence-electron chi connectivity index (χ1n) is 10.4. The molecule has 5 aromatic rings. The van der Waals surface area contributed by atoms with Gasteiger partial charge in [-0.25, -0.2) is 9.67 Å². The van der Waals surface area contributed by atoms with Crippen LogP contribution in [0.2, 0.25) is 10.0 Å². The second-order valence-electron chi connectivity index (χ2n) is 7.59. The number of nitrogens with one attached hydrogen (secondary N) is 1. The van der Waals surface area contributed by atoms with Crippen molar-refractivity contribution in [3.8, 4) is 5.75 Å². The van der Waals surface area contributed by atoms with Gasteiger partial charge in [0.1, 0.15) is 18.7 Å². The average Bonchev–Trinajstić information content (AvgIpc) is 3.50. The van der Waals surface area contributed by atoms with Crippen LogP contribution in [0, 0.1) is 0 Å². The monoisotopic (exact) mass is 508 g/mol. The normalized spacial score (nSPS) is 11.0. The molecule has 9 heteroatoms. The highest BCUT2D eigenvalue weighted by Crippen LogP contribution is 2.24. The number of carbonyl (C=O) groups excluding carboxylic acids is 1. The number of carbonyl (C=O) groups is 1. The number of thiophene rings is 1. The van der Waals surface area contributed by atoms with Crippen LogP contribution in [0.4, 0.5) is 5.95 Å². The van der Waals surface area contributed by atoms with Crippen molar-refractivity contribution >= 4 is 57.2 Å². The van der Waals surface area contributed by atoms with Crippen molar-refractivity contribution in [3.05, 3.63) is 104 Å². The molecule has 1 N–H and O–H groups in total. The highest BCUT2D eigenvalue weighted by Gasteiger charge is 2.13. The van der Waals surface area contributed by atoms with Gasteiger partial charge in [-0.3, -0.25) is 10.1 Å². The maximum absolute atomic E-state index is 12.6. The molecule has 0 unspecified atom stereocenters. The molecule has 2 heterocycles. The van der Waals surface area contributed by atoms with Crippen LogP contribution in [-0.2, 0) is 13.2 Å². The maximum Gasteiger partial charge on any atom is 0.268 e. The largest absolute Gasteiger partial charge is 0.489 e. The third-order valence-electron chi connectivity index (χ3n) is 5.09. The summed E-state index contributed by atoms with van der Waals surface area (Å²) in [5.74, 6) is 0.745. The molecule has 0 radical (unpaired) electrons. The Morgan fingerprint density at radius 3 is 2.68 bits per heavy atom. The standard InChI is InChI=1S/C25H18Cl2N4O2S/c26-21-8-5-16(9-22(21)27)12-31-15-28-25(30-31)29-24(32)23-10-17(14-34-23)13-33-20-7-6-18-3-1-2-4-19(18)11-20/h1-11,14-15H,12-13H2,(H,29,30,32). The topological polar surface area (TPSA) is 69.0 Å². The quantitative estimate of drug-likeness (QED) is 0.266. The van der Waals surface area contributed by atoms with E-state index in [2.05, 4.69) is 27.5 Å². The van der Waals surface area contributed by atoms with Crippen molar-refractivity contribution in [2.75, 3.05) is 5.32 Å². The van der Waals surface area contributed by atoms with Gasteiger partial charge >= 0.3 is 0 Å². The summed E-state index contributed by atoms with van der Waals surface area (Å²) in [6.45, 7) is 0.827. The highest BCUT2D eigenvalue weighted by molar-refractivity contribution is 7.12. The zero-order chi connectivity index (χ0) is 23.5. The minimum atomic E-state index is -0.269. The lowest BCUT2D eigenvalue weighted by atomic mass is 10.1. The SMILES string of the molecule is O=C(Nc1ncn(Cc2ccc(Cl)c(Cl)c2)n1)c1cc(COc2ccc3ccccc3c2)cs1. The summed E-state index contributed by atoms with van der Waals surface area (Å²) in [5.41, 5.74) is 1.84. The van der Waals surface area contributed by atoms with Gasteiger partial charge < -0.3 is 4.74 Å². The van der Waals surface area contributed by atoms with Crippen molar-refractivity contribution in [1.29, 1.82) is 0 Å². The van der Waals surface area contributed by atoms with Crippen LogP contribution in [0.5, 0.6) is 5.75 Å². The molecule has 0 aliphatic rings. The van der Waals surface area contributed by atoms with Gasteiger partial charge in [0.2, 0.25) is 5.95 Å². The lowest BCUT2D eigenvalue weighted by Gasteiger charge is -2.06. The summed E-state index contributed by atoms with van der Waals surface area (Å²) in [5, 5.41) is 12.2. The first kappa shape index (κ1) is 22.4. The minimum absolute atomic E-state index is 0.229. The fourth-order valence-electron chi connectivity index (χ4n) is 3.41. The van der Waals surface area contributed by atoms with Gasteiger partial charge in [0.15, 0.2) is 0 Å². The Morgan fingerprint density at radius 1 is 0.971 bits per heavy atom. The molecule has 0 aliphatic carbocycles. The molecule has 2 aromatic heterocycles. The average molecular weight is 509 g/mol. The number of fused-ring (bicyclic) bond motifs is 1. The summed E-state index contributed by atoms with van der Waals surface area (Å²) in [4.78, 5) is 17.4. The molecule has 0 saturated heterocycles. The Hall–Kier alpha value is -3.39. The van der Waals surface area contributed by atoms with Crippen molar-refractivity contribution in [1.82, 2.24) is 14.8 Å². The minimum Gasteiger partial charge on any atom is -0.489 e. The van der Waals surface area contributed by atoms with E-state index in [-0.39, 0.29) is 11.9 Å². The van der Waals surface area contributed by atoms with E-state index in [0.717, 1.165) is 27.6 Å². The fourth-order valence-corrected chi connectivity index (χ4v) is 4.52. The van der Waals surface area contributed by atoms with Gasteiger partial charge in [-0.2, -0.15) is 0 Å². The number of halogens is 2. The van der Waals surface area contributed by atoms with E-state index >= 15 is 0 Å². The third kappa shape index (κ3) is 5.22. The zero-order valence-corrected chi connectivity index (χ0v) is 20.1. The van der Waals surface area contributed by atoms with E-state index < -0.39 is 0 Å². The predicted octanol–water partition coefficient (Wildman–Crippen LogP) is 6.68. The van der Waals surface area contributed by atoms with Crippen LogP contribution in [0.15, 0.2) is 78.4 Å². The number of aromatic nitrogens is 3. The summed E-state index contributed by atoms with van der Waals surface area (Å²) < 4.78 is 7.53. The molecule has 0 saturated carbocycles. The Kier molecular flexibility index (Phi) is 6.49. The summed E-state index contributed by atoms with van der Waals surface area (Å²) in [6, 6.07) is 21.3. The number of nitrogens with zero attached hydrogens (tertiary/aromatic N) is 3. The Labute approximate surface area is 209 Å². The molecule has 5 rings (SSSR count). The molecule has 6 nitrogen and oxygen atoms in total. The Balaban J connectivity index is 1.18. The molecule has 1 amide bonds. The number of hydrogen-bond acceptors (Lipinski definition) is 5. The van der Waals surface area contributed by atoms with Crippen molar-refractivity contribution in [2.45, 2.75) is 13.2 Å². The second kappa shape index (κ2) is 9.85. The van der Waals surface area contributed by atoms with E-state index in [1.165, 1.54) is 11.3 Å². The molecule has 0 bridgehead atoms. The molecular weight excluding hydrogens is 491 g/mol. The molecule has 0 aliphatic heterocycles. The third-order valence-corrected chi connectivity index (χ3v) is 6.81. The smallest absolute Gasteiger partial charge is 0.268 e. The zero-order valence-electron chi connectivity index (χ0n) is 17.7. The summed E-state index contributed by atoms with van der Waals surface area (Å²) >= 11 is 13.4. The summed E-state index contributed by atoms with van der Waals surface area (Å²) in [7, 11) is 0. The molecular formula is C25H18Cl2N4O2S. The first-order chi connectivity index (χ1) is 16.5. The van der Waals surface area contributed by atoms with Crippen LogP contribution in [-0.4, -0.2) is 20.7 Å². The molecule has 3 aromatic carbocycles. The van der Waals surface area contributed by atoms with Gasteiger partial charge in [0.25, 0.3) is 5.91 Å². The number of ether oxygens (including phenoxy) is 1. The van der Waals surface area contributed by atoms with Gasteiger partial charge in [-0.15, -0.1) is 16.4 Å². The van der Waals surface area contributed by atoms with Crippen LogP contribution >= 0.6 is 34.5 Å². The Bertz CT molecular complexity index is 1480. The van der Waals surface area contributed by atoms with Gasteiger partial charge in [0.05, 0.1) is 21.5 Å². The number of anilines is 1. The van der Waals surface area contributed by atoms with Crippen molar-refractivity contribution in [3.63, 3.8) is 0 Å². The second-order valence-corrected chi connectivity index (χ2v) is 9.31. The molecule has 0 fully saturated rings. The van der Waals surface area contributed by atoms with E-state index in [9.17, 15) is 4.79 Å². The van der Waals surface area contributed by atoms with Crippen LogP contribution in [0.1, 0.15) is 20.8 Å². The first-order valence-corrected chi connectivity index (χ1v) is 12.0. The molecule has 0 atom stereocenters.